The van der Waals surface area contributed by atoms with Crippen molar-refractivity contribution in [3.05, 3.63) is 29.8 Å². The number of rotatable bonds is 3. The third-order valence-electron chi connectivity index (χ3n) is 1.27. The molecule has 0 heterocycles. The van der Waals surface area contributed by atoms with Gasteiger partial charge in [0.1, 0.15) is 0 Å². The van der Waals surface area contributed by atoms with Crippen molar-refractivity contribution >= 4 is 39.3 Å². The fraction of sp³-hybridized carbons (Fsp3) is 0.125. The first kappa shape index (κ1) is 10.1. The summed E-state index contributed by atoms with van der Waals surface area (Å²) in [6.45, 7) is 0. The first-order valence-electron chi connectivity index (χ1n) is 3.67. The summed E-state index contributed by atoms with van der Waals surface area (Å²) in [4.78, 5) is 1.06. The molecule has 0 unspecified atom stereocenters. The molecule has 0 aliphatic heterocycles. The maximum absolute atomic E-state index is 8.75. The third kappa shape index (κ3) is 2.81. The molecule has 0 aliphatic carbocycles. The summed E-state index contributed by atoms with van der Waals surface area (Å²) in [5, 5.41) is 8.75. The molecule has 0 fully saturated rings. The van der Waals surface area contributed by atoms with E-state index in [2.05, 4.69) is 23.8 Å². The summed E-state index contributed by atoms with van der Waals surface area (Å²) in [6.07, 6.45) is 0. The van der Waals surface area contributed by atoms with Gasteiger partial charge in [0, 0.05) is 0 Å². The zero-order valence-electron chi connectivity index (χ0n) is 6.78. The molecule has 0 atom stereocenters. The molecular weight excluding hydrogens is 181 g/mol. The Morgan fingerprint density at radius 3 is 2.83 bits per heavy atom. The SMILES string of the molecule is [Li][CH2]SSc1ccccc1C#N. The summed E-state index contributed by atoms with van der Waals surface area (Å²) in [5.74, 6) is 0. The Hall–Kier alpha value is 0.00740. The Bertz CT molecular complexity index is 295. The van der Waals surface area contributed by atoms with Crippen molar-refractivity contribution < 1.29 is 0 Å². The number of benzene rings is 1. The van der Waals surface area contributed by atoms with Crippen LogP contribution in [0.3, 0.4) is 0 Å². The van der Waals surface area contributed by atoms with Crippen molar-refractivity contribution in [1.29, 1.82) is 5.26 Å². The van der Waals surface area contributed by atoms with Crippen LogP contribution < -0.4 is 0 Å². The van der Waals surface area contributed by atoms with Gasteiger partial charge in [-0.05, 0) is 0 Å². The normalized spacial score (nSPS) is 9.42. The van der Waals surface area contributed by atoms with Crippen LogP contribution >= 0.6 is 21.6 Å². The van der Waals surface area contributed by atoms with Gasteiger partial charge >= 0.3 is 89.8 Å². The van der Waals surface area contributed by atoms with Crippen LogP contribution in [0.1, 0.15) is 5.56 Å². The molecule has 0 spiro atoms. The van der Waals surface area contributed by atoms with Crippen molar-refractivity contribution in [2.75, 3.05) is 4.43 Å². The predicted octanol–water partition coefficient (Wildman–Crippen LogP) is 2.42. The van der Waals surface area contributed by atoms with Crippen molar-refractivity contribution in [2.24, 2.45) is 0 Å². The van der Waals surface area contributed by atoms with Crippen molar-refractivity contribution in [1.82, 2.24) is 0 Å². The van der Waals surface area contributed by atoms with E-state index in [9.17, 15) is 0 Å². The fourth-order valence-corrected chi connectivity index (χ4v) is 2.51. The van der Waals surface area contributed by atoms with Gasteiger partial charge in [-0.15, -0.1) is 0 Å². The van der Waals surface area contributed by atoms with Crippen LogP contribution in [0.2, 0.25) is 0 Å². The molecule has 0 radical (unpaired) electrons. The molecule has 0 saturated heterocycles. The third-order valence-corrected chi connectivity index (χ3v) is 3.76. The molecule has 0 amide bonds. The van der Waals surface area contributed by atoms with E-state index in [0.717, 1.165) is 14.9 Å². The number of nitrogens with zero attached hydrogens (tertiary/aromatic N) is 1. The Kier molecular flexibility index (Phi) is 4.72. The summed E-state index contributed by atoms with van der Waals surface area (Å²) >= 11 is 2.10. The average Bonchev–Trinajstić information content (AvgIpc) is 2.15. The van der Waals surface area contributed by atoms with E-state index in [1.165, 1.54) is 0 Å². The summed E-state index contributed by atoms with van der Waals surface area (Å²) in [5.41, 5.74) is 0.767. The second kappa shape index (κ2) is 5.62. The van der Waals surface area contributed by atoms with Crippen LogP contribution in [-0.2, 0) is 0 Å². The quantitative estimate of drug-likeness (QED) is 0.536. The monoisotopic (exact) mass is 187 g/mol. The predicted molar refractivity (Wildman–Crippen MR) is 55.2 cm³/mol. The number of hydrogen-bond acceptors (Lipinski definition) is 3. The summed E-state index contributed by atoms with van der Waals surface area (Å²) < 4.78 is 1.06. The van der Waals surface area contributed by atoms with E-state index in [1.807, 2.05) is 24.3 Å². The molecule has 0 bridgehead atoms. The van der Waals surface area contributed by atoms with E-state index in [4.69, 9.17) is 5.26 Å². The Balaban J connectivity index is 2.77. The molecule has 1 aromatic carbocycles. The molecule has 4 heteroatoms. The molecule has 0 saturated carbocycles. The average molecular weight is 187 g/mol. The molecule has 56 valence electrons. The molecular formula is C8H6LiNS2. The number of nitriles is 1. The zero-order chi connectivity index (χ0) is 8.81. The van der Waals surface area contributed by atoms with Crippen LogP contribution in [0, 0.1) is 11.3 Å². The molecule has 12 heavy (non-hydrogen) atoms. The topological polar surface area (TPSA) is 23.8 Å². The molecule has 0 N–H and O–H groups in total. The van der Waals surface area contributed by atoms with E-state index in [0.29, 0.717) is 0 Å². The first-order chi connectivity index (χ1) is 5.88. The van der Waals surface area contributed by atoms with Crippen molar-refractivity contribution in [3.63, 3.8) is 0 Å². The van der Waals surface area contributed by atoms with Gasteiger partial charge in [0.05, 0.1) is 0 Å². The van der Waals surface area contributed by atoms with Gasteiger partial charge in [0.15, 0.2) is 0 Å². The molecule has 1 nitrogen and oxygen atoms in total. The van der Waals surface area contributed by atoms with Crippen molar-refractivity contribution in [3.8, 4) is 6.07 Å². The van der Waals surface area contributed by atoms with Gasteiger partial charge < -0.3 is 0 Å². The van der Waals surface area contributed by atoms with E-state index >= 15 is 0 Å². The first-order valence-corrected chi connectivity index (χ1v) is 5.99. The van der Waals surface area contributed by atoms with Gasteiger partial charge in [-0.2, -0.15) is 0 Å². The van der Waals surface area contributed by atoms with Crippen LogP contribution in [0.4, 0.5) is 0 Å². The van der Waals surface area contributed by atoms with Gasteiger partial charge in [0.25, 0.3) is 0 Å². The van der Waals surface area contributed by atoms with Crippen LogP contribution in [0.5, 0.6) is 0 Å². The summed E-state index contributed by atoms with van der Waals surface area (Å²) in [6, 6.07) is 9.84. The second-order valence-corrected chi connectivity index (χ2v) is 4.72. The van der Waals surface area contributed by atoms with Crippen LogP contribution in [-0.4, -0.2) is 22.1 Å². The molecule has 1 rings (SSSR count). The van der Waals surface area contributed by atoms with Gasteiger partial charge in [-0.3, -0.25) is 0 Å². The minimum atomic E-state index is 0.767. The van der Waals surface area contributed by atoms with Gasteiger partial charge in [-0.25, -0.2) is 0 Å². The summed E-state index contributed by atoms with van der Waals surface area (Å²) in [7, 11) is 3.42. The second-order valence-electron chi connectivity index (χ2n) is 2.10. The Labute approximate surface area is 89.5 Å². The minimum absolute atomic E-state index is 0.767. The molecule has 0 aliphatic rings. The molecule has 1 aromatic rings. The van der Waals surface area contributed by atoms with E-state index in [1.54, 1.807) is 21.6 Å². The van der Waals surface area contributed by atoms with Crippen LogP contribution in [0.25, 0.3) is 0 Å². The Morgan fingerprint density at radius 1 is 1.42 bits per heavy atom. The standard InChI is InChI=1S/C8H6NS2.Li/c1-10-11-8-5-3-2-4-7(8)6-9;/h2-5H,1H2;. The van der Waals surface area contributed by atoms with E-state index < -0.39 is 0 Å². The Morgan fingerprint density at radius 2 is 2.17 bits per heavy atom. The zero-order valence-corrected chi connectivity index (χ0v) is 8.41. The van der Waals surface area contributed by atoms with Gasteiger partial charge in [-0.1, -0.05) is 0 Å². The van der Waals surface area contributed by atoms with E-state index in [-0.39, 0.29) is 0 Å². The van der Waals surface area contributed by atoms with Crippen molar-refractivity contribution in [2.45, 2.75) is 4.90 Å². The van der Waals surface area contributed by atoms with Gasteiger partial charge in [0.2, 0.25) is 0 Å². The molecule has 0 aromatic heterocycles. The number of hydrogen-bond donors (Lipinski definition) is 0. The maximum atomic E-state index is 8.75. The fourth-order valence-electron chi connectivity index (χ4n) is 0.754. The van der Waals surface area contributed by atoms with Crippen LogP contribution in [0.15, 0.2) is 29.2 Å².